The number of ether oxygens (including phenoxy) is 1. The maximum atomic E-state index is 9.06. The fourth-order valence-corrected chi connectivity index (χ4v) is 2.20. The average Bonchev–Trinajstić information content (AvgIpc) is 2.74. The van der Waals surface area contributed by atoms with Gasteiger partial charge in [-0.2, -0.15) is 0 Å². The van der Waals surface area contributed by atoms with E-state index in [0.717, 1.165) is 13.0 Å². The Balaban J connectivity index is 2.28. The number of unbranched alkanes of at least 4 members (excludes halogenated alkanes) is 1. The molecule has 0 aromatic heterocycles. The van der Waals surface area contributed by atoms with Gasteiger partial charge in [0.15, 0.2) is 0 Å². The van der Waals surface area contributed by atoms with E-state index >= 15 is 0 Å². The molecule has 1 rings (SSSR count). The lowest BCUT2D eigenvalue weighted by atomic mass is 10.1. The van der Waals surface area contributed by atoms with Crippen LogP contribution in [0.5, 0.6) is 0 Å². The van der Waals surface area contributed by atoms with Crippen molar-refractivity contribution < 1.29 is 9.84 Å². The van der Waals surface area contributed by atoms with Crippen LogP contribution in [-0.4, -0.2) is 37.5 Å². The first-order valence-electron chi connectivity index (χ1n) is 6.34. The van der Waals surface area contributed by atoms with E-state index in [2.05, 4.69) is 24.4 Å². The van der Waals surface area contributed by atoms with Crippen LogP contribution in [0.25, 0.3) is 0 Å². The van der Waals surface area contributed by atoms with Gasteiger partial charge in [-0.1, -0.05) is 31.9 Å². The summed E-state index contributed by atoms with van der Waals surface area (Å²) in [4.78, 5) is 0. The molecule has 1 aliphatic carbocycles. The Morgan fingerprint density at radius 2 is 2.31 bits per heavy atom. The zero-order chi connectivity index (χ0) is 11.8. The van der Waals surface area contributed by atoms with Crippen LogP contribution >= 0.6 is 0 Å². The second-order valence-electron chi connectivity index (χ2n) is 4.63. The van der Waals surface area contributed by atoms with E-state index in [1.54, 1.807) is 7.11 Å². The summed E-state index contributed by atoms with van der Waals surface area (Å²) in [5.74, 6) is 0.340. The van der Waals surface area contributed by atoms with Crippen molar-refractivity contribution in [3.05, 3.63) is 12.2 Å². The van der Waals surface area contributed by atoms with Crippen molar-refractivity contribution in [2.75, 3.05) is 20.3 Å². The van der Waals surface area contributed by atoms with Gasteiger partial charge in [-0.05, 0) is 12.8 Å². The summed E-state index contributed by atoms with van der Waals surface area (Å²) in [7, 11) is 1.75. The molecule has 3 nitrogen and oxygen atoms in total. The third-order valence-corrected chi connectivity index (χ3v) is 3.13. The van der Waals surface area contributed by atoms with Gasteiger partial charge in [-0.25, -0.2) is 0 Å². The largest absolute Gasteiger partial charge is 0.396 e. The molecule has 0 saturated heterocycles. The lowest BCUT2D eigenvalue weighted by molar-refractivity contribution is 0.156. The van der Waals surface area contributed by atoms with E-state index in [1.807, 2.05) is 0 Å². The number of nitrogens with one attached hydrogen (secondary N) is 1. The molecule has 0 aliphatic heterocycles. The van der Waals surface area contributed by atoms with Gasteiger partial charge in [0.2, 0.25) is 0 Å². The number of methoxy groups -OCH3 is 1. The van der Waals surface area contributed by atoms with E-state index < -0.39 is 0 Å². The molecule has 0 radical (unpaired) electrons. The van der Waals surface area contributed by atoms with E-state index in [4.69, 9.17) is 9.84 Å². The van der Waals surface area contributed by atoms with Gasteiger partial charge in [0.25, 0.3) is 0 Å². The zero-order valence-corrected chi connectivity index (χ0v) is 10.5. The standard InChI is InChI=1S/C13H25NO2/c1-3-4-5-13(10-16-2)14-12-7-6-11(8-12)9-15/h6-7,11-15H,3-5,8-10H2,1-2H3/t11-,12+,13?/m0/s1. The Morgan fingerprint density at radius 1 is 1.50 bits per heavy atom. The van der Waals surface area contributed by atoms with Crippen molar-refractivity contribution in [3.63, 3.8) is 0 Å². The number of aliphatic hydroxyl groups is 1. The van der Waals surface area contributed by atoms with Crippen LogP contribution < -0.4 is 5.32 Å². The minimum atomic E-state index is 0.262. The van der Waals surface area contributed by atoms with Crippen molar-refractivity contribution in [2.45, 2.75) is 44.7 Å². The molecule has 0 heterocycles. The highest BCUT2D eigenvalue weighted by Gasteiger charge is 2.20. The molecule has 94 valence electrons. The van der Waals surface area contributed by atoms with Crippen LogP contribution in [0, 0.1) is 5.92 Å². The lowest BCUT2D eigenvalue weighted by Gasteiger charge is -2.22. The van der Waals surface area contributed by atoms with Gasteiger partial charge >= 0.3 is 0 Å². The summed E-state index contributed by atoms with van der Waals surface area (Å²) in [6.45, 7) is 3.24. The summed E-state index contributed by atoms with van der Waals surface area (Å²) in [6, 6.07) is 0.853. The molecule has 0 saturated carbocycles. The SMILES string of the molecule is CCCCC(COC)N[C@@H]1C=C[C@H](CO)C1. The number of aliphatic hydroxyl groups excluding tert-OH is 1. The second kappa shape index (κ2) is 7.82. The molecule has 1 aliphatic rings. The first-order chi connectivity index (χ1) is 7.80. The molecule has 3 atom stereocenters. The highest BCUT2D eigenvalue weighted by atomic mass is 16.5. The van der Waals surface area contributed by atoms with Crippen LogP contribution in [0.3, 0.4) is 0 Å². The van der Waals surface area contributed by atoms with Crippen molar-refractivity contribution >= 4 is 0 Å². The van der Waals surface area contributed by atoms with Crippen molar-refractivity contribution in [2.24, 2.45) is 5.92 Å². The third kappa shape index (κ3) is 4.64. The van der Waals surface area contributed by atoms with Crippen LogP contribution in [0.15, 0.2) is 12.2 Å². The predicted molar refractivity (Wildman–Crippen MR) is 66.4 cm³/mol. The molecule has 0 aromatic rings. The number of hydrogen-bond donors (Lipinski definition) is 2. The quantitative estimate of drug-likeness (QED) is 0.620. The Bertz CT molecular complexity index is 206. The van der Waals surface area contributed by atoms with Crippen LogP contribution in [0.1, 0.15) is 32.6 Å². The lowest BCUT2D eigenvalue weighted by Crippen LogP contribution is -2.39. The van der Waals surface area contributed by atoms with Crippen LogP contribution in [0.2, 0.25) is 0 Å². The second-order valence-corrected chi connectivity index (χ2v) is 4.63. The van der Waals surface area contributed by atoms with Gasteiger partial charge in [0.05, 0.1) is 6.61 Å². The van der Waals surface area contributed by atoms with Gasteiger partial charge < -0.3 is 15.2 Å². The summed E-state index contributed by atoms with van der Waals surface area (Å²) in [5.41, 5.74) is 0. The van der Waals surface area contributed by atoms with Crippen molar-refractivity contribution in [3.8, 4) is 0 Å². The summed E-state index contributed by atoms with van der Waals surface area (Å²) < 4.78 is 5.23. The van der Waals surface area contributed by atoms with E-state index in [-0.39, 0.29) is 6.61 Å². The molecule has 0 bridgehead atoms. The highest BCUT2D eigenvalue weighted by molar-refractivity contribution is 5.06. The molecule has 1 unspecified atom stereocenters. The maximum absolute atomic E-state index is 9.06. The Kier molecular flexibility index (Phi) is 6.69. The monoisotopic (exact) mass is 227 g/mol. The molecule has 2 N–H and O–H groups in total. The minimum Gasteiger partial charge on any atom is -0.396 e. The molecule has 0 spiro atoms. The van der Waals surface area contributed by atoms with E-state index in [1.165, 1.54) is 19.3 Å². The topological polar surface area (TPSA) is 41.5 Å². The first kappa shape index (κ1) is 13.7. The number of rotatable bonds is 8. The normalized spacial score (nSPS) is 26.2. The van der Waals surface area contributed by atoms with Crippen molar-refractivity contribution in [1.29, 1.82) is 0 Å². The van der Waals surface area contributed by atoms with Crippen molar-refractivity contribution in [1.82, 2.24) is 5.32 Å². The van der Waals surface area contributed by atoms with E-state index in [9.17, 15) is 0 Å². The van der Waals surface area contributed by atoms with Crippen LogP contribution in [-0.2, 0) is 4.74 Å². The third-order valence-electron chi connectivity index (χ3n) is 3.13. The molecule has 0 aromatic carbocycles. The zero-order valence-electron chi connectivity index (χ0n) is 10.5. The average molecular weight is 227 g/mol. The highest BCUT2D eigenvalue weighted by Crippen LogP contribution is 2.18. The Morgan fingerprint density at radius 3 is 2.88 bits per heavy atom. The summed E-state index contributed by atoms with van der Waals surface area (Å²) >= 11 is 0. The van der Waals surface area contributed by atoms with Gasteiger partial charge in [0, 0.05) is 31.7 Å². The molecule has 16 heavy (non-hydrogen) atoms. The van der Waals surface area contributed by atoms with E-state index in [0.29, 0.717) is 18.0 Å². The van der Waals surface area contributed by atoms with Gasteiger partial charge in [-0.15, -0.1) is 0 Å². The summed E-state index contributed by atoms with van der Waals surface area (Å²) in [5, 5.41) is 12.7. The van der Waals surface area contributed by atoms with Gasteiger partial charge in [-0.3, -0.25) is 0 Å². The Hall–Kier alpha value is -0.380. The van der Waals surface area contributed by atoms with Gasteiger partial charge in [0.1, 0.15) is 0 Å². The fraction of sp³-hybridized carbons (Fsp3) is 0.846. The predicted octanol–water partition coefficient (Wildman–Crippen LogP) is 1.72. The maximum Gasteiger partial charge on any atom is 0.0616 e. The fourth-order valence-electron chi connectivity index (χ4n) is 2.20. The first-order valence-corrected chi connectivity index (χ1v) is 6.34. The minimum absolute atomic E-state index is 0.262. The molecule has 0 fully saturated rings. The molecule has 3 heteroatoms. The Labute approximate surface area is 98.9 Å². The molecule has 0 amide bonds. The van der Waals surface area contributed by atoms with Crippen LogP contribution in [0.4, 0.5) is 0 Å². The molecular weight excluding hydrogens is 202 g/mol. The number of hydrogen-bond acceptors (Lipinski definition) is 3. The molecular formula is C13H25NO2. The smallest absolute Gasteiger partial charge is 0.0616 e. The summed E-state index contributed by atoms with van der Waals surface area (Å²) in [6.07, 6.45) is 8.93.